The molecule has 194 valence electrons. The van der Waals surface area contributed by atoms with E-state index in [1.807, 2.05) is 75.4 Å². The number of hydrogen-bond donors (Lipinski definition) is 3. The Hall–Kier alpha value is -3.82. The molecule has 0 amide bonds. The van der Waals surface area contributed by atoms with Gasteiger partial charge < -0.3 is 21.7 Å². The number of rotatable bonds is 7. The first-order valence-electron chi connectivity index (χ1n) is 12.5. The molecule has 36 heavy (non-hydrogen) atoms. The van der Waals surface area contributed by atoms with E-state index in [1.165, 1.54) is 31.5 Å². The molecule has 6 heteroatoms. The van der Waals surface area contributed by atoms with Gasteiger partial charge in [0, 0.05) is 8.54 Å². The number of aliphatic imine (C=N–C) groups is 1. The minimum atomic E-state index is 0. The summed E-state index contributed by atoms with van der Waals surface area (Å²) in [5.74, 6) is 0.269. The Kier molecular flexibility index (Phi) is 11.0. The van der Waals surface area contributed by atoms with Crippen LogP contribution in [0.25, 0.3) is 11.1 Å². The number of hydrogen-bond acceptors (Lipinski definition) is 4. The van der Waals surface area contributed by atoms with Crippen LogP contribution in [0.2, 0.25) is 0 Å². The smallest absolute Gasteiger partial charge is 0.198 e. The number of anilines is 2. The lowest BCUT2D eigenvalue weighted by Gasteiger charge is -2.13. The predicted octanol–water partition coefficient (Wildman–Crippen LogP) is 7.02. The Morgan fingerprint density at radius 1 is 0.944 bits per heavy atom. The lowest BCUT2D eigenvalue weighted by Crippen LogP contribution is -2.22. The molecule has 0 aliphatic rings. The molecule has 0 atom stereocenters. The lowest BCUT2D eigenvalue weighted by molar-refractivity contribution is 0.335. The second kappa shape index (κ2) is 13.9. The first-order valence-corrected chi connectivity index (χ1v) is 12.5. The number of guanidine groups is 1. The van der Waals surface area contributed by atoms with E-state index in [1.54, 1.807) is 0 Å². The quantitative estimate of drug-likeness (QED) is 0.188. The summed E-state index contributed by atoms with van der Waals surface area (Å²) >= 11 is 0. The van der Waals surface area contributed by atoms with Crippen molar-refractivity contribution >= 4 is 23.0 Å². The van der Waals surface area contributed by atoms with Gasteiger partial charge in [0.25, 0.3) is 0 Å². The highest BCUT2D eigenvalue weighted by Crippen LogP contribution is 2.34. The van der Waals surface area contributed by atoms with E-state index in [-0.39, 0.29) is 8.81 Å². The van der Waals surface area contributed by atoms with Crippen LogP contribution in [0.15, 0.2) is 59.6 Å². The Labute approximate surface area is 219 Å². The van der Waals surface area contributed by atoms with E-state index >= 15 is 0 Å². The summed E-state index contributed by atoms with van der Waals surface area (Å²) in [5, 5.41) is 12.3. The van der Waals surface area contributed by atoms with E-state index in [0.29, 0.717) is 16.9 Å². The molecule has 5 N–H and O–H groups in total. The topological polar surface area (TPSA) is 103 Å². The first-order chi connectivity index (χ1) is 17.2. The summed E-state index contributed by atoms with van der Waals surface area (Å²) < 4.78 is 0. The van der Waals surface area contributed by atoms with Crippen molar-refractivity contribution < 1.29 is 2.85 Å². The van der Waals surface area contributed by atoms with Crippen molar-refractivity contribution in [1.82, 2.24) is 4.90 Å². The fourth-order valence-electron chi connectivity index (χ4n) is 3.90. The Bertz CT molecular complexity index is 1210. The number of nitrogens with one attached hydrogen (secondary N) is 1. The van der Waals surface area contributed by atoms with Crippen LogP contribution in [-0.2, 0) is 0 Å². The maximum Gasteiger partial charge on any atom is 0.198 e. The zero-order valence-electron chi connectivity index (χ0n) is 22.5. The van der Waals surface area contributed by atoms with Crippen molar-refractivity contribution in [3.05, 3.63) is 76.9 Å². The molecule has 0 aromatic heterocycles. The molecule has 0 saturated heterocycles. The van der Waals surface area contributed by atoms with Crippen molar-refractivity contribution in [1.29, 1.82) is 5.26 Å². The van der Waals surface area contributed by atoms with Crippen LogP contribution in [0.5, 0.6) is 0 Å². The summed E-state index contributed by atoms with van der Waals surface area (Å²) in [6, 6.07) is 19.5. The molecule has 0 radical (unpaired) electrons. The van der Waals surface area contributed by atoms with Gasteiger partial charge >= 0.3 is 0 Å². The van der Waals surface area contributed by atoms with Gasteiger partial charge in [-0.1, -0.05) is 37.6 Å². The standard InChI is InChI=1S/C23H23N5.C7H17N.2H2/c1-14-4-8-18(9-5-14)27-23(26)28-22-10-16(3)20(12-21(22)25)19-11-17(13-24)7-6-15(19)2;1-4-6-8(3)7-5-2;;/h4-12H,25H2,1-3H3,(H3,26,27,28);4-7H2,1-3H3;2*1H. The van der Waals surface area contributed by atoms with E-state index in [2.05, 4.69) is 42.2 Å². The number of nitrogen functional groups attached to an aromatic ring is 1. The van der Waals surface area contributed by atoms with Gasteiger partial charge in [0.1, 0.15) is 0 Å². The highest BCUT2D eigenvalue weighted by atomic mass is 15.1. The molecule has 6 nitrogen and oxygen atoms in total. The van der Waals surface area contributed by atoms with Crippen LogP contribution >= 0.6 is 0 Å². The number of benzene rings is 3. The minimum absolute atomic E-state index is 0. The number of nitriles is 1. The SMILES string of the molecule is CCCN(C)CCC.Cc1ccc(NC(N)=Nc2cc(C)c(-c3cc(C#N)ccc3C)cc2N)cc1.[HH].[HH]. The second-order valence-electron chi connectivity index (χ2n) is 9.16. The van der Waals surface area contributed by atoms with Crippen LogP contribution in [0.4, 0.5) is 17.1 Å². The minimum Gasteiger partial charge on any atom is -0.397 e. The van der Waals surface area contributed by atoms with Crippen molar-refractivity contribution in [2.45, 2.75) is 47.5 Å². The fraction of sp³-hybridized carbons (Fsp3) is 0.333. The van der Waals surface area contributed by atoms with Gasteiger partial charge in [-0.2, -0.15) is 5.26 Å². The molecule has 3 rings (SSSR count). The summed E-state index contributed by atoms with van der Waals surface area (Å²) in [6.45, 7) is 13.0. The summed E-state index contributed by atoms with van der Waals surface area (Å²) in [4.78, 5) is 6.80. The average molecular weight is 489 g/mol. The van der Waals surface area contributed by atoms with E-state index < -0.39 is 0 Å². The van der Waals surface area contributed by atoms with Crippen LogP contribution < -0.4 is 16.8 Å². The Morgan fingerprint density at radius 3 is 2.14 bits per heavy atom. The fourth-order valence-corrected chi connectivity index (χ4v) is 3.90. The Morgan fingerprint density at radius 2 is 1.56 bits per heavy atom. The van der Waals surface area contributed by atoms with Crippen molar-refractivity contribution in [2.75, 3.05) is 31.2 Å². The van der Waals surface area contributed by atoms with Crippen LogP contribution in [0.1, 0.15) is 51.8 Å². The molecular weight excluding hydrogens is 444 g/mol. The third-order valence-electron chi connectivity index (χ3n) is 5.81. The highest BCUT2D eigenvalue weighted by molar-refractivity contribution is 5.95. The van der Waals surface area contributed by atoms with Crippen molar-refractivity contribution in [2.24, 2.45) is 10.7 Å². The molecule has 0 spiro atoms. The van der Waals surface area contributed by atoms with Crippen molar-refractivity contribution in [3.63, 3.8) is 0 Å². The molecular formula is C30H44N6. The summed E-state index contributed by atoms with van der Waals surface area (Å²) in [7, 11) is 2.17. The third-order valence-corrected chi connectivity index (χ3v) is 5.81. The van der Waals surface area contributed by atoms with Gasteiger partial charge in [-0.25, -0.2) is 4.99 Å². The molecule has 0 unspecified atom stereocenters. The molecule has 0 heterocycles. The zero-order valence-corrected chi connectivity index (χ0v) is 22.5. The van der Waals surface area contributed by atoms with Crippen LogP contribution in [-0.4, -0.2) is 31.0 Å². The number of nitrogens with two attached hydrogens (primary N) is 2. The van der Waals surface area contributed by atoms with Gasteiger partial charge in [0.2, 0.25) is 0 Å². The number of aryl methyl sites for hydroxylation is 3. The Balaban J connectivity index is 0.00000120. The average Bonchev–Trinajstić information content (AvgIpc) is 2.84. The molecule has 0 aliphatic carbocycles. The van der Waals surface area contributed by atoms with Gasteiger partial charge in [0.05, 0.1) is 23.0 Å². The van der Waals surface area contributed by atoms with Crippen molar-refractivity contribution in [3.8, 4) is 17.2 Å². The predicted molar refractivity (Wildman–Crippen MR) is 159 cm³/mol. The van der Waals surface area contributed by atoms with Gasteiger partial charge in [-0.05, 0) is 112 Å². The maximum absolute atomic E-state index is 9.19. The van der Waals surface area contributed by atoms with Gasteiger partial charge in [-0.15, -0.1) is 0 Å². The molecule has 3 aromatic carbocycles. The number of nitrogens with zero attached hydrogens (tertiary/aromatic N) is 3. The maximum atomic E-state index is 9.19. The monoisotopic (exact) mass is 488 g/mol. The van der Waals surface area contributed by atoms with E-state index in [4.69, 9.17) is 11.5 Å². The first kappa shape index (κ1) is 28.4. The lowest BCUT2D eigenvalue weighted by atomic mass is 9.94. The molecule has 3 aromatic rings. The summed E-state index contributed by atoms with van der Waals surface area (Å²) in [5.41, 5.74) is 20.2. The molecule has 0 aliphatic heterocycles. The highest BCUT2D eigenvalue weighted by Gasteiger charge is 2.11. The summed E-state index contributed by atoms with van der Waals surface area (Å²) in [6.07, 6.45) is 2.55. The normalized spacial score (nSPS) is 11.0. The largest absolute Gasteiger partial charge is 0.397 e. The molecule has 0 bridgehead atoms. The zero-order chi connectivity index (χ0) is 26.7. The molecule has 0 fully saturated rings. The van der Waals surface area contributed by atoms with E-state index in [9.17, 15) is 5.26 Å². The second-order valence-corrected chi connectivity index (χ2v) is 9.16. The van der Waals surface area contributed by atoms with Crippen LogP contribution in [0, 0.1) is 32.1 Å². The third kappa shape index (κ3) is 8.44. The van der Waals surface area contributed by atoms with E-state index in [0.717, 1.165) is 27.9 Å². The molecule has 0 saturated carbocycles. The van der Waals surface area contributed by atoms with Crippen LogP contribution in [0.3, 0.4) is 0 Å². The van der Waals surface area contributed by atoms with Gasteiger partial charge in [-0.3, -0.25) is 0 Å². The van der Waals surface area contributed by atoms with Gasteiger partial charge in [0.15, 0.2) is 5.96 Å².